The predicted molar refractivity (Wildman–Crippen MR) is 86.9 cm³/mol. The maximum absolute atomic E-state index is 12.3. The van der Waals surface area contributed by atoms with Gasteiger partial charge in [0, 0.05) is 6.04 Å². The van der Waals surface area contributed by atoms with Crippen LogP contribution in [0, 0.1) is 0 Å². The van der Waals surface area contributed by atoms with Crippen LogP contribution in [-0.4, -0.2) is 33.6 Å². The number of aromatic nitrogens is 2. The van der Waals surface area contributed by atoms with Crippen molar-refractivity contribution in [3.63, 3.8) is 0 Å². The van der Waals surface area contributed by atoms with E-state index >= 15 is 0 Å². The van der Waals surface area contributed by atoms with Crippen molar-refractivity contribution in [3.05, 3.63) is 34.2 Å². The molecule has 1 aliphatic heterocycles. The van der Waals surface area contributed by atoms with E-state index in [-0.39, 0.29) is 11.7 Å². The number of para-hydroxylation sites is 1. The Bertz CT molecular complexity index is 679. The van der Waals surface area contributed by atoms with E-state index in [1.54, 1.807) is 0 Å². The quantitative estimate of drug-likeness (QED) is 0.918. The van der Waals surface area contributed by atoms with Crippen LogP contribution in [0.25, 0.3) is 11.0 Å². The van der Waals surface area contributed by atoms with E-state index < -0.39 is 0 Å². The summed E-state index contributed by atoms with van der Waals surface area (Å²) < 4.78 is 1.97. The molecule has 4 heteroatoms. The van der Waals surface area contributed by atoms with Crippen LogP contribution in [0.5, 0.6) is 0 Å². The molecule has 21 heavy (non-hydrogen) atoms. The van der Waals surface area contributed by atoms with E-state index in [0.29, 0.717) is 6.04 Å². The fraction of sp³-hybridized carbons (Fsp3) is 0.588. The zero-order chi connectivity index (χ0) is 15.0. The molecular weight excluding hydrogens is 262 g/mol. The zero-order valence-corrected chi connectivity index (χ0v) is 13.2. The molecule has 0 spiro atoms. The molecule has 1 aromatic heterocycles. The molecule has 0 amide bonds. The normalized spacial score (nSPS) is 21.3. The standard InChI is InChI=1S/C17H25N3O/c1-4-9-19(10-5-2)15-11-13-7-6-8-14-16(13)20(12(15)3)17(21)18-14/h6-8,12,15H,4-5,9-11H2,1-3H3,(H,18,21). The molecule has 1 N–H and O–H groups in total. The summed E-state index contributed by atoms with van der Waals surface area (Å²) in [6, 6.07) is 6.85. The predicted octanol–water partition coefficient (Wildman–Crippen LogP) is 2.94. The second kappa shape index (κ2) is 5.68. The fourth-order valence-corrected chi connectivity index (χ4v) is 3.83. The smallest absolute Gasteiger partial charge is 0.306 e. The first-order valence-corrected chi connectivity index (χ1v) is 8.13. The Labute approximate surface area is 125 Å². The molecule has 1 aliphatic rings. The minimum atomic E-state index is 0.0302. The molecular formula is C17H25N3O. The van der Waals surface area contributed by atoms with Crippen LogP contribution in [0.1, 0.15) is 45.2 Å². The van der Waals surface area contributed by atoms with Crippen molar-refractivity contribution < 1.29 is 0 Å². The van der Waals surface area contributed by atoms with Gasteiger partial charge in [0.2, 0.25) is 0 Å². The van der Waals surface area contributed by atoms with Crippen LogP contribution >= 0.6 is 0 Å². The summed E-state index contributed by atoms with van der Waals surface area (Å²) in [5.41, 5.74) is 3.41. The molecule has 3 rings (SSSR count). The molecule has 2 aromatic rings. The van der Waals surface area contributed by atoms with Crippen LogP contribution in [0.4, 0.5) is 0 Å². The molecule has 114 valence electrons. The van der Waals surface area contributed by atoms with Gasteiger partial charge in [0.1, 0.15) is 0 Å². The van der Waals surface area contributed by atoms with Crippen LogP contribution in [0.3, 0.4) is 0 Å². The van der Waals surface area contributed by atoms with Gasteiger partial charge in [-0.25, -0.2) is 4.79 Å². The van der Waals surface area contributed by atoms with Crippen molar-refractivity contribution in [1.29, 1.82) is 0 Å². The van der Waals surface area contributed by atoms with Gasteiger partial charge in [-0.2, -0.15) is 0 Å². The van der Waals surface area contributed by atoms with Crippen LogP contribution in [-0.2, 0) is 6.42 Å². The minimum Gasteiger partial charge on any atom is -0.306 e. The first-order chi connectivity index (χ1) is 10.2. The molecule has 0 saturated carbocycles. The molecule has 2 atom stereocenters. The van der Waals surface area contributed by atoms with Gasteiger partial charge in [-0.3, -0.25) is 9.47 Å². The number of rotatable bonds is 5. The SMILES string of the molecule is CCCN(CCC)C1Cc2cccc3[nH]c(=O)n(c23)C1C. The third-order valence-corrected chi connectivity index (χ3v) is 4.70. The number of nitrogens with one attached hydrogen (secondary N) is 1. The number of nitrogens with zero attached hydrogens (tertiary/aromatic N) is 2. The maximum Gasteiger partial charge on any atom is 0.326 e. The van der Waals surface area contributed by atoms with Gasteiger partial charge in [-0.15, -0.1) is 0 Å². The molecule has 0 radical (unpaired) electrons. The molecule has 2 unspecified atom stereocenters. The van der Waals surface area contributed by atoms with E-state index in [9.17, 15) is 4.79 Å². The van der Waals surface area contributed by atoms with Crippen molar-refractivity contribution in [3.8, 4) is 0 Å². The highest BCUT2D eigenvalue weighted by atomic mass is 16.1. The van der Waals surface area contributed by atoms with E-state index in [1.807, 2.05) is 10.6 Å². The number of imidazole rings is 1. The minimum absolute atomic E-state index is 0.0302. The highest BCUT2D eigenvalue weighted by molar-refractivity contribution is 5.80. The summed E-state index contributed by atoms with van der Waals surface area (Å²) in [7, 11) is 0. The number of aromatic amines is 1. The summed E-state index contributed by atoms with van der Waals surface area (Å²) in [5, 5.41) is 0. The fourth-order valence-electron chi connectivity index (χ4n) is 3.83. The number of hydrogen-bond acceptors (Lipinski definition) is 2. The monoisotopic (exact) mass is 287 g/mol. The molecule has 0 fully saturated rings. The maximum atomic E-state index is 12.3. The second-order valence-corrected chi connectivity index (χ2v) is 6.16. The number of hydrogen-bond donors (Lipinski definition) is 1. The van der Waals surface area contributed by atoms with Gasteiger partial charge < -0.3 is 4.98 Å². The van der Waals surface area contributed by atoms with Gasteiger partial charge in [0.05, 0.1) is 17.1 Å². The van der Waals surface area contributed by atoms with Crippen LogP contribution < -0.4 is 5.69 Å². The Morgan fingerprint density at radius 3 is 2.67 bits per heavy atom. The van der Waals surface area contributed by atoms with Crippen LogP contribution in [0.15, 0.2) is 23.0 Å². The summed E-state index contributed by atoms with van der Waals surface area (Å²) in [4.78, 5) is 17.9. The Morgan fingerprint density at radius 1 is 1.29 bits per heavy atom. The highest BCUT2D eigenvalue weighted by Crippen LogP contribution is 2.31. The second-order valence-electron chi connectivity index (χ2n) is 6.16. The molecule has 0 aliphatic carbocycles. The molecule has 2 heterocycles. The Balaban J connectivity index is 2.05. The largest absolute Gasteiger partial charge is 0.326 e. The van der Waals surface area contributed by atoms with Crippen molar-refractivity contribution in [2.75, 3.05) is 13.1 Å². The first kappa shape index (κ1) is 14.4. The highest BCUT2D eigenvalue weighted by Gasteiger charge is 2.32. The molecule has 0 saturated heterocycles. The van der Waals surface area contributed by atoms with Gasteiger partial charge in [-0.05, 0) is 50.9 Å². The van der Waals surface area contributed by atoms with Crippen molar-refractivity contribution in [1.82, 2.24) is 14.5 Å². The van der Waals surface area contributed by atoms with E-state index in [4.69, 9.17) is 0 Å². The van der Waals surface area contributed by atoms with Crippen molar-refractivity contribution >= 4 is 11.0 Å². The lowest BCUT2D eigenvalue weighted by Crippen LogP contribution is -2.46. The lowest BCUT2D eigenvalue weighted by Gasteiger charge is -2.39. The first-order valence-electron chi connectivity index (χ1n) is 8.13. The summed E-state index contributed by atoms with van der Waals surface area (Å²) in [5.74, 6) is 0. The van der Waals surface area contributed by atoms with E-state index in [1.165, 1.54) is 5.56 Å². The van der Waals surface area contributed by atoms with Crippen LogP contribution in [0.2, 0.25) is 0 Å². The lowest BCUT2D eigenvalue weighted by atomic mass is 9.93. The van der Waals surface area contributed by atoms with Gasteiger partial charge in [0.25, 0.3) is 0 Å². The number of H-pyrrole nitrogens is 1. The zero-order valence-electron chi connectivity index (χ0n) is 13.2. The topological polar surface area (TPSA) is 41.0 Å². The Morgan fingerprint density at radius 2 is 2.00 bits per heavy atom. The number of benzene rings is 1. The lowest BCUT2D eigenvalue weighted by molar-refractivity contribution is 0.144. The third-order valence-electron chi connectivity index (χ3n) is 4.70. The summed E-state index contributed by atoms with van der Waals surface area (Å²) in [6.07, 6.45) is 3.35. The van der Waals surface area contributed by atoms with Gasteiger partial charge >= 0.3 is 5.69 Å². The van der Waals surface area contributed by atoms with Gasteiger partial charge in [-0.1, -0.05) is 26.0 Å². The van der Waals surface area contributed by atoms with Crippen molar-refractivity contribution in [2.45, 2.75) is 52.1 Å². The Hall–Kier alpha value is -1.55. The average molecular weight is 287 g/mol. The van der Waals surface area contributed by atoms with Gasteiger partial charge in [0.15, 0.2) is 0 Å². The third kappa shape index (κ3) is 2.31. The molecule has 1 aromatic carbocycles. The summed E-state index contributed by atoms with van der Waals surface area (Å²) >= 11 is 0. The molecule has 4 nitrogen and oxygen atoms in total. The van der Waals surface area contributed by atoms with E-state index in [2.05, 4.69) is 42.8 Å². The van der Waals surface area contributed by atoms with E-state index in [0.717, 1.165) is 43.4 Å². The average Bonchev–Trinajstić information content (AvgIpc) is 2.80. The Kier molecular flexibility index (Phi) is 3.89. The van der Waals surface area contributed by atoms with Crippen molar-refractivity contribution in [2.24, 2.45) is 0 Å². The molecule has 0 bridgehead atoms. The summed E-state index contributed by atoms with van der Waals surface area (Å²) in [6.45, 7) is 8.85.